The monoisotopic (exact) mass is 499 g/mol. The number of guanidine groups is 1. The number of nitrogens with one attached hydrogen (secondary N) is 2. The Morgan fingerprint density at radius 1 is 1.07 bits per heavy atom. The van der Waals surface area contributed by atoms with Crippen LogP contribution in [0.25, 0.3) is 0 Å². The van der Waals surface area contributed by atoms with Crippen molar-refractivity contribution in [2.24, 2.45) is 4.99 Å². The molecule has 2 aromatic carbocycles. The van der Waals surface area contributed by atoms with E-state index in [0.29, 0.717) is 6.54 Å². The van der Waals surface area contributed by atoms with Crippen LogP contribution in [0.3, 0.4) is 0 Å². The molecule has 0 spiro atoms. The van der Waals surface area contributed by atoms with Crippen molar-refractivity contribution in [2.75, 3.05) is 27.8 Å². The minimum absolute atomic E-state index is 0. The highest BCUT2D eigenvalue weighted by Gasteiger charge is 2.44. The van der Waals surface area contributed by atoms with Gasteiger partial charge in [-0.3, -0.25) is 4.99 Å². The Morgan fingerprint density at radius 2 is 1.79 bits per heavy atom. The van der Waals surface area contributed by atoms with E-state index in [4.69, 9.17) is 9.47 Å². The molecule has 0 aromatic heterocycles. The molecule has 0 bridgehead atoms. The molecule has 0 unspecified atom stereocenters. The number of hydrogen-bond donors (Lipinski definition) is 2. The van der Waals surface area contributed by atoms with E-state index < -0.39 is 0 Å². The van der Waals surface area contributed by atoms with Crippen molar-refractivity contribution < 1.29 is 13.9 Å². The molecule has 0 aliphatic heterocycles. The standard InChI is InChI=1S/C21H26FN3O2.HI/c1-23-20(24-13-15-4-9-18(26-2)12-19(15)27-3)25-14-21(10-11-21)16-5-7-17(22)8-6-16;/h4-9,12H,10-11,13-14H2,1-3H3,(H2,23,24,25);1H. The highest BCUT2D eigenvalue weighted by atomic mass is 127. The third kappa shape index (κ3) is 5.27. The zero-order valence-corrected chi connectivity index (χ0v) is 18.8. The molecule has 0 saturated heterocycles. The van der Waals surface area contributed by atoms with Crippen LogP contribution in [0.1, 0.15) is 24.0 Å². The Hall–Kier alpha value is -2.03. The lowest BCUT2D eigenvalue weighted by Gasteiger charge is -2.19. The quantitative estimate of drug-likeness (QED) is 0.345. The van der Waals surface area contributed by atoms with Crippen molar-refractivity contribution in [3.8, 4) is 11.5 Å². The van der Waals surface area contributed by atoms with Crippen molar-refractivity contribution in [3.05, 3.63) is 59.4 Å². The summed E-state index contributed by atoms with van der Waals surface area (Å²) in [6.45, 7) is 1.34. The van der Waals surface area contributed by atoms with Crippen LogP contribution >= 0.6 is 24.0 Å². The van der Waals surface area contributed by atoms with Crippen molar-refractivity contribution in [1.29, 1.82) is 0 Å². The third-order valence-corrected chi connectivity index (χ3v) is 5.07. The Balaban J connectivity index is 0.00000280. The van der Waals surface area contributed by atoms with Crippen molar-refractivity contribution in [3.63, 3.8) is 0 Å². The fourth-order valence-corrected chi connectivity index (χ4v) is 3.17. The summed E-state index contributed by atoms with van der Waals surface area (Å²) in [6.07, 6.45) is 2.18. The number of halogens is 2. The largest absolute Gasteiger partial charge is 0.497 e. The van der Waals surface area contributed by atoms with Gasteiger partial charge in [0.05, 0.1) is 14.2 Å². The first-order valence-electron chi connectivity index (χ1n) is 9.02. The molecule has 0 atom stereocenters. The zero-order chi connectivity index (χ0) is 19.3. The molecule has 3 rings (SSSR count). The van der Waals surface area contributed by atoms with E-state index in [1.165, 1.54) is 17.7 Å². The molecule has 0 heterocycles. The van der Waals surface area contributed by atoms with Gasteiger partial charge in [0, 0.05) is 37.2 Å². The molecule has 0 amide bonds. The van der Waals surface area contributed by atoms with Crippen LogP contribution in [0.4, 0.5) is 4.39 Å². The first-order chi connectivity index (χ1) is 13.1. The van der Waals surface area contributed by atoms with Crippen LogP contribution < -0.4 is 20.1 Å². The lowest BCUT2D eigenvalue weighted by atomic mass is 9.96. The minimum atomic E-state index is -0.201. The average Bonchev–Trinajstić information content (AvgIpc) is 3.49. The second-order valence-corrected chi connectivity index (χ2v) is 6.74. The SMILES string of the molecule is CN=C(NCc1ccc(OC)cc1OC)NCC1(c2ccc(F)cc2)CC1.I. The summed E-state index contributed by atoms with van der Waals surface area (Å²) in [7, 11) is 5.02. The van der Waals surface area contributed by atoms with Crippen LogP contribution in [-0.2, 0) is 12.0 Å². The van der Waals surface area contributed by atoms with Gasteiger partial charge in [-0.1, -0.05) is 12.1 Å². The highest BCUT2D eigenvalue weighted by molar-refractivity contribution is 14.0. The predicted octanol–water partition coefficient (Wildman–Crippen LogP) is 3.86. The number of benzene rings is 2. The molecule has 1 aliphatic carbocycles. The van der Waals surface area contributed by atoms with Crippen LogP contribution in [0, 0.1) is 5.82 Å². The van der Waals surface area contributed by atoms with Crippen molar-refractivity contribution >= 4 is 29.9 Å². The Labute approximate surface area is 182 Å². The van der Waals surface area contributed by atoms with Gasteiger partial charge in [0.15, 0.2) is 5.96 Å². The lowest BCUT2D eigenvalue weighted by Crippen LogP contribution is -2.40. The van der Waals surface area contributed by atoms with E-state index in [-0.39, 0.29) is 35.2 Å². The number of hydrogen-bond acceptors (Lipinski definition) is 3. The summed E-state index contributed by atoms with van der Waals surface area (Å²) in [5.41, 5.74) is 2.26. The molecule has 152 valence electrons. The zero-order valence-electron chi connectivity index (χ0n) is 16.4. The summed E-state index contributed by atoms with van der Waals surface area (Å²) in [4.78, 5) is 4.30. The van der Waals surface area contributed by atoms with Gasteiger partial charge in [0.25, 0.3) is 0 Å². The maximum atomic E-state index is 13.2. The third-order valence-electron chi connectivity index (χ3n) is 5.07. The molecular weight excluding hydrogens is 472 g/mol. The average molecular weight is 499 g/mol. The van der Waals surface area contributed by atoms with Gasteiger partial charge < -0.3 is 20.1 Å². The second-order valence-electron chi connectivity index (χ2n) is 6.74. The van der Waals surface area contributed by atoms with E-state index in [0.717, 1.165) is 42.4 Å². The molecule has 2 N–H and O–H groups in total. The Morgan fingerprint density at radius 3 is 2.36 bits per heavy atom. The summed E-state index contributed by atoms with van der Waals surface area (Å²) >= 11 is 0. The van der Waals surface area contributed by atoms with Crippen LogP contribution in [0.2, 0.25) is 0 Å². The fraction of sp³-hybridized carbons (Fsp3) is 0.381. The second kappa shape index (κ2) is 9.95. The van der Waals surface area contributed by atoms with Crippen molar-refractivity contribution in [1.82, 2.24) is 10.6 Å². The van der Waals surface area contributed by atoms with Gasteiger partial charge >= 0.3 is 0 Å². The van der Waals surface area contributed by atoms with Gasteiger partial charge in [-0.2, -0.15) is 0 Å². The summed E-state index contributed by atoms with van der Waals surface area (Å²) in [5, 5.41) is 6.71. The van der Waals surface area contributed by atoms with E-state index in [1.807, 2.05) is 30.3 Å². The van der Waals surface area contributed by atoms with Gasteiger partial charge in [0.1, 0.15) is 17.3 Å². The van der Waals surface area contributed by atoms with E-state index in [1.54, 1.807) is 21.3 Å². The number of nitrogens with zero attached hydrogens (tertiary/aromatic N) is 1. The molecule has 1 saturated carbocycles. The fourth-order valence-electron chi connectivity index (χ4n) is 3.17. The van der Waals surface area contributed by atoms with Crippen molar-refractivity contribution in [2.45, 2.75) is 24.8 Å². The number of methoxy groups -OCH3 is 2. The van der Waals surface area contributed by atoms with Gasteiger partial charge in [-0.05, 0) is 42.7 Å². The topological polar surface area (TPSA) is 54.9 Å². The Bertz CT molecular complexity index is 808. The van der Waals surface area contributed by atoms with E-state index in [9.17, 15) is 4.39 Å². The molecule has 28 heavy (non-hydrogen) atoms. The van der Waals surface area contributed by atoms with Gasteiger partial charge in [0.2, 0.25) is 0 Å². The van der Waals surface area contributed by atoms with Crippen LogP contribution in [0.5, 0.6) is 11.5 Å². The van der Waals surface area contributed by atoms with E-state index >= 15 is 0 Å². The maximum absolute atomic E-state index is 13.2. The number of ether oxygens (including phenoxy) is 2. The predicted molar refractivity (Wildman–Crippen MR) is 120 cm³/mol. The van der Waals surface area contributed by atoms with Crippen LogP contribution in [-0.4, -0.2) is 33.8 Å². The summed E-state index contributed by atoms with van der Waals surface area (Å²) in [6, 6.07) is 12.5. The number of aliphatic imine (C=N–C) groups is 1. The molecule has 1 fully saturated rings. The Kier molecular flexibility index (Phi) is 7.91. The molecule has 1 aliphatic rings. The molecule has 7 heteroatoms. The normalized spacial score (nSPS) is 14.6. The van der Waals surface area contributed by atoms with Gasteiger partial charge in [-0.15, -0.1) is 24.0 Å². The summed E-state index contributed by atoms with van der Waals surface area (Å²) in [5.74, 6) is 2.05. The molecular formula is C21H27FIN3O2. The number of rotatable bonds is 7. The van der Waals surface area contributed by atoms with Gasteiger partial charge in [-0.25, -0.2) is 4.39 Å². The molecule has 2 aromatic rings. The first kappa shape index (κ1) is 22.3. The first-order valence-corrected chi connectivity index (χ1v) is 9.02. The van der Waals surface area contributed by atoms with Crippen LogP contribution in [0.15, 0.2) is 47.5 Å². The smallest absolute Gasteiger partial charge is 0.191 e. The molecule has 0 radical (unpaired) electrons. The minimum Gasteiger partial charge on any atom is -0.497 e. The van der Waals surface area contributed by atoms with E-state index in [2.05, 4.69) is 15.6 Å². The summed E-state index contributed by atoms with van der Waals surface area (Å²) < 4.78 is 23.8. The maximum Gasteiger partial charge on any atom is 0.191 e. The lowest BCUT2D eigenvalue weighted by molar-refractivity contribution is 0.390. The molecule has 5 nitrogen and oxygen atoms in total. The highest BCUT2D eigenvalue weighted by Crippen LogP contribution is 2.47.